The average molecular weight is 372 g/mol. The molecule has 0 atom stereocenters. The molecule has 1 heterocycles. The number of thiocarbonyl (C=S) groups is 1. The van der Waals surface area contributed by atoms with Crippen LogP contribution in [0.15, 0.2) is 35.4 Å². The number of rotatable bonds is 4. The summed E-state index contributed by atoms with van der Waals surface area (Å²) < 4.78 is 10.4. The van der Waals surface area contributed by atoms with Crippen LogP contribution in [0.3, 0.4) is 0 Å². The number of nitrogens with one attached hydrogen (secondary N) is 2. The zero-order valence-electron chi connectivity index (χ0n) is 14.1. The van der Waals surface area contributed by atoms with Crippen LogP contribution in [-0.4, -0.2) is 23.0 Å². The molecule has 0 fully saturated rings. The summed E-state index contributed by atoms with van der Waals surface area (Å²) in [6.45, 7) is 4.03. The number of hydrogen-bond acceptors (Lipinski definition) is 6. The average Bonchev–Trinajstić information content (AvgIpc) is 3.05. The molecule has 3 rings (SSSR count). The molecule has 0 saturated heterocycles. The Labute approximate surface area is 155 Å². The topological polar surface area (TPSA) is 98.0 Å². The summed E-state index contributed by atoms with van der Waals surface area (Å²) in [6.07, 6.45) is 1.32. The third-order valence-corrected chi connectivity index (χ3v) is 4.13. The van der Waals surface area contributed by atoms with E-state index in [4.69, 9.17) is 21.7 Å². The summed E-state index contributed by atoms with van der Waals surface area (Å²) in [5, 5.41) is 18.5. The van der Waals surface area contributed by atoms with Crippen LogP contribution in [0, 0.1) is 24.0 Å². The molecule has 26 heavy (non-hydrogen) atoms. The van der Waals surface area contributed by atoms with Gasteiger partial charge in [0.1, 0.15) is 0 Å². The monoisotopic (exact) mass is 372 g/mol. The standard InChI is InChI=1S/C17H16N4O4S/c1-10-4-3-5-13(11(10)2)19-17(26)20-18-8-12-6-15-16(25-9-24-15)7-14(12)21(22)23/h3-8H,9H2,1-2H3,(H2,19,20,26). The van der Waals surface area contributed by atoms with E-state index in [1.54, 1.807) is 0 Å². The molecule has 1 aliphatic heterocycles. The van der Waals surface area contributed by atoms with Crippen LogP contribution < -0.4 is 20.2 Å². The zero-order valence-corrected chi connectivity index (χ0v) is 14.9. The van der Waals surface area contributed by atoms with Crippen molar-refractivity contribution in [3.8, 4) is 11.5 Å². The molecule has 134 valence electrons. The van der Waals surface area contributed by atoms with Crippen molar-refractivity contribution in [3.63, 3.8) is 0 Å². The molecule has 0 spiro atoms. The minimum Gasteiger partial charge on any atom is -0.454 e. The normalized spacial score (nSPS) is 12.2. The Hall–Kier alpha value is -3.20. The fourth-order valence-corrected chi connectivity index (χ4v) is 2.57. The van der Waals surface area contributed by atoms with Crippen molar-refractivity contribution in [1.82, 2.24) is 5.43 Å². The molecular weight excluding hydrogens is 356 g/mol. The van der Waals surface area contributed by atoms with E-state index in [0.29, 0.717) is 11.5 Å². The van der Waals surface area contributed by atoms with E-state index in [1.165, 1.54) is 18.3 Å². The van der Waals surface area contributed by atoms with Crippen molar-refractivity contribution in [2.45, 2.75) is 13.8 Å². The molecule has 2 aromatic carbocycles. The lowest BCUT2D eigenvalue weighted by Crippen LogP contribution is -2.24. The fraction of sp³-hybridized carbons (Fsp3) is 0.176. The lowest BCUT2D eigenvalue weighted by atomic mass is 10.1. The number of anilines is 1. The maximum absolute atomic E-state index is 11.2. The number of nitro benzene ring substituents is 1. The van der Waals surface area contributed by atoms with Gasteiger partial charge in [0.2, 0.25) is 6.79 Å². The van der Waals surface area contributed by atoms with Gasteiger partial charge >= 0.3 is 0 Å². The van der Waals surface area contributed by atoms with E-state index in [0.717, 1.165) is 16.8 Å². The molecular formula is C17H16N4O4S. The van der Waals surface area contributed by atoms with Gasteiger partial charge in [-0.3, -0.25) is 15.5 Å². The first-order valence-electron chi connectivity index (χ1n) is 7.70. The number of nitrogens with zero attached hydrogens (tertiary/aromatic N) is 2. The Kier molecular flexibility index (Phi) is 4.99. The molecule has 0 aromatic heterocycles. The first kappa shape index (κ1) is 17.6. The summed E-state index contributed by atoms with van der Waals surface area (Å²) in [7, 11) is 0. The van der Waals surface area contributed by atoms with E-state index < -0.39 is 4.92 Å². The second kappa shape index (κ2) is 7.36. The van der Waals surface area contributed by atoms with E-state index in [9.17, 15) is 10.1 Å². The van der Waals surface area contributed by atoms with E-state index in [2.05, 4.69) is 15.8 Å². The molecule has 1 aliphatic rings. The van der Waals surface area contributed by atoms with Crippen LogP contribution in [0.5, 0.6) is 11.5 Å². The molecule has 0 saturated carbocycles. The van der Waals surface area contributed by atoms with Crippen LogP contribution in [0.25, 0.3) is 0 Å². The van der Waals surface area contributed by atoms with Gasteiger partial charge in [0.15, 0.2) is 16.6 Å². The Balaban J connectivity index is 1.71. The Morgan fingerprint density at radius 1 is 1.31 bits per heavy atom. The third-order valence-electron chi connectivity index (χ3n) is 3.94. The number of aryl methyl sites for hydroxylation is 1. The maximum Gasteiger partial charge on any atom is 0.282 e. The highest BCUT2D eigenvalue weighted by atomic mass is 32.1. The predicted octanol–water partition coefficient (Wildman–Crippen LogP) is 3.26. The third kappa shape index (κ3) is 3.72. The smallest absolute Gasteiger partial charge is 0.282 e. The van der Waals surface area contributed by atoms with Crippen LogP contribution in [0.2, 0.25) is 0 Å². The lowest BCUT2D eigenvalue weighted by molar-refractivity contribution is -0.385. The van der Waals surface area contributed by atoms with Crippen LogP contribution in [-0.2, 0) is 0 Å². The van der Waals surface area contributed by atoms with Crippen LogP contribution >= 0.6 is 12.2 Å². The van der Waals surface area contributed by atoms with Gasteiger partial charge in [0.25, 0.3) is 5.69 Å². The number of benzene rings is 2. The van der Waals surface area contributed by atoms with Crippen LogP contribution in [0.4, 0.5) is 11.4 Å². The predicted molar refractivity (Wildman–Crippen MR) is 102 cm³/mol. The van der Waals surface area contributed by atoms with E-state index in [-0.39, 0.29) is 23.2 Å². The number of hydrogen-bond donors (Lipinski definition) is 2. The molecule has 2 aromatic rings. The summed E-state index contributed by atoms with van der Waals surface area (Å²) in [6, 6.07) is 8.66. The van der Waals surface area contributed by atoms with E-state index in [1.807, 2.05) is 32.0 Å². The van der Waals surface area contributed by atoms with Gasteiger partial charge < -0.3 is 14.8 Å². The zero-order chi connectivity index (χ0) is 18.7. The van der Waals surface area contributed by atoms with Gasteiger partial charge in [-0.1, -0.05) is 12.1 Å². The second-order valence-electron chi connectivity index (χ2n) is 5.59. The summed E-state index contributed by atoms with van der Waals surface area (Å²) in [4.78, 5) is 10.7. The van der Waals surface area contributed by atoms with Gasteiger partial charge in [-0.2, -0.15) is 5.10 Å². The van der Waals surface area contributed by atoms with Gasteiger partial charge in [0, 0.05) is 5.69 Å². The highest BCUT2D eigenvalue weighted by Crippen LogP contribution is 2.37. The van der Waals surface area contributed by atoms with Gasteiger partial charge in [0.05, 0.1) is 22.8 Å². The summed E-state index contributed by atoms with van der Waals surface area (Å²) >= 11 is 5.20. The van der Waals surface area contributed by atoms with Gasteiger partial charge in [-0.15, -0.1) is 0 Å². The summed E-state index contributed by atoms with van der Waals surface area (Å²) in [5.74, 6) is 0.780. The fourth-order valence-electron chi connectivity index (χ4n) is 2.41. The highest BCUT2D eigenvalue weighted by Gasteiger charge is 2.22. The number of fused-ring (bicyclic) bond motifs is 1. The SMILES string of the molecule is Cc1cccc(NC(=S)NN=Cc2cc3c(cc2[N+](=O)[O-])OCO3)c1C. The molecule has 0 unspecified atom stereocenters. The van der Waals surface area contributed by atoms with Crippen molar-refractivity contribution >= 4 is 34.9 Å². The molecule has 0 bridgehead atoms. The van der Waals surface area contributed by atoms with Crippen molar-refractivity contribution in [1.29, 1.82) is 0 Å². The largest absolute Gasteiger partial charge is 0.454 e. The summed E-state index contributed by atoms with van der Waals surface area (Å²) in [5.41, 5.74) is 5.88. The molecule has 0 amide bonds. The second-order valence-corrected chi connectivity index (χ2v) is 6.00. The Morgan fingerprint density at radius 3 is 2.77 bits per heavy atom. The Morgan fingerprint density at radius 2 is 2.04 bits per heavy atom. The number of nitro groups is 1. The Bertz CT molecular complexity index is 914. The van der Waals surface area contributed by atoms with Crippen molar-refractivity contribution in [3.05, 3.63) is 57.1 Å². The number of hydrazone groups is 1. The minimum atomic E-state index is -0.504. The van der Waals surface area contributed by atoms with E-state index >= 15 is 0 Å². The molecule has 0 radical (unpaired) electrons. The van der Waals surface area contributed by atoms with Gasteiger partial charge in [-0.25, -0.2) is 0 Å². The molecule has 8 nitrogen and oxygen atoms in total. The quantitative estimate of drug-likeness (QED) is 0.368. The highest BCUT2D eigenvalue weighted by molar-refractivity contribution is 7.80. The van der Waals surface area contributed by atoms with Gasteiger partial charge in [-0.05, 0) is 49.3 Å². The van der Waals surface area contributed by atoms with Crippen molar-refractivity contribution in [2.75, 3.05) is 12.1 Å². The number of ether oxygens (including phenoxy) is 2. The minimum absolute atomic E-state index is 0.0369. The van der Waals surface area contributed by atoms with Crippen molar-refractivity contribution < 1.29 is 14.4 Å². The molecule has 0 aliphatic carbocycles. The molecule has 2 N–H and O–H groups in total. The molecule has 9 heteroatoms. The maximum atomic E-state index is 11.2. The first-order valence-corrected chi connectivity index (χ1v) is 8.11. The first-order chi connectivity index (χ1) is 12.5. The lowest BCUT2D eigenvalue weighted by Gasteiger charge is -2.11. The van der Waals surface area contributed by atoms with Crippen molar-refractivity contribution in [2.24, 2.45) is 5.10 Å². The van der Waals surface area contributed by atoms with Crippen LogP contribution in [0.1, 0.15) is 16.7 Å².